The predicted octanol–water partition coefficient (Wildman–Crippen LogP) is 5.11. The zero-order chi connectivity index (χ0) is 25.4. The van der Waals surface area contributed by atoms with Gasteiger partial charge in [0.2, 0.25) is 0 Å². The van der Waals surface area contributed by atoms with Gasteiger partial charge in [0, 0.05) is 11.1 Å². The van der Waals surface area contributed by atoms with Crippen LogP contribution in [0.1, 0.15) is 27.0 Å². The van der Waals surface area contributed by atoms with E-state index in [1.165, 1.54) is 24.4 Å². The first kappa shape index (κ1) is 24.7. The first-order valence-electron chi connectivity index (χ1n) is 11.1. The van der Waals surface area contributed by atoms with Crippen LogP contribution in [0.5, 0.6) is 11.5 Å². The zero-order valence-electron chi connectivity index (χ0n) is 19.5. The van der Waals surface area contributed by atoms with Crippen LogP contribution in [0.25, 0.3) is 0 Å². The number of para-hydroxylation sites is 1. The van der Waals surface area contributed by atoms with Gasteiger partial charge in [0.25, 0.3) is 5.91 Å². The Morgan fingerprint density at radius 3 is 2.25 bits per heavy atom. The number of nitrogens with one attached hydrogen (secondary N) is 1. The molecule has 0 heterocycles. The van der Waals surface area contributed by atoms with Crippen LogP contribution in [-0.2, 0) is 16.7 Å². The SMILES string of the molecule is Cc1ccc(S(=O)(=O)Oc2ccccc2C=NNC(=O)c2ccc(OCc3ccccc3)cc2)cc1. The molecule has 4 rings (SSSR count). The number of hydrogen-bond acceptors (Lipinski definition) is 6. The molecule has 4 aromatic rings. The second-order valence-corrected chi connectivity index (χ2v) is 9.43. The van der Waals surface area contributed by atoms with E-state index >= 15 is 0 Å². The van der Waals surface area contributed by atoms with Gasteiger partial charge in [0.1, 0.15) is 17.3 Å². The van der Waals surface area contributed by atoms with Crippen LogP contribution < -0.4 is 14.3 Å². The van der Waals surface area contributed by atoms with Gasteiger partial charge in [0.15, 0.2) is 5.75 Å². The van der Waals surface area contributed by atoms with Crippen molar-refractivity contribution < 1.29 is 22.1 Å². The number of aryl methyl sites for hydroxylation is 1. The minimum absolute atomic E-state index is 0.0457. The molecule has 36 heavy (non-hydrogen) atoms. The van der Waals surface area contributed by atoms with Gasteiger partial charge in [-0.3, -0.25) is 4.79 Å². The van der Waals surface area contributed by atoms with Crippen LogP contribution in [0.2, 0.25) is 0 Å². The molecule has 0 aliphatic carbocycles. The van der Waals surface area contributed by atoms with Crippen LogP contribution in [0.4, 0.5) is 0 Å². The molecule has 0 aromatic heterocycles. The molecule has 0 aliphatic heterocycles. The van der Waals surface area contributed by atoms with Crippen molar-refractivity contribution in [2.45, 2.75) is 18.4 Å². The number of carbonyl (C=O) groups is 1. The normalized spacial score (nSPS) is 11.2. The summed E-state index contributed by atoms with van der Waals surface area (Å²) in [4.78, 5) is 12.5. The fourth-order valence-corrected chi connectivity index (χ4v) is 4.16. The van der Waals surface area contributed by atoms with E-state index in [2.05, 4.69) is 10.5 Å². The van der Waals surface area contributed by atoms with Crippen molar-refractivity contribution in [2.75, 3.05) is 0 Å². The van der Waals surface area contributed by atoms with Crippen LogP contribution in [-0.4, -0.2) is 20.5 Å². The molecular weight excluding hydrogens is 476 g/mol. The molecule has 0 fully saturated rings. The maximum atomic E-state index is 12.6. The largest absolute Gasteiger partial charge is 0.489 e. The third-order valence-electron chi connectivity index (χ3n) is 5.16. The highest BCUT2D eigenvalue weighted by Gasteiger charge is 2.18. The standard InChI is InChI=1S/C28H24N2O5S/c1-21-11-17-26(18-12-21)36(32,33)35-27-10-6-5-9-24(27)19-29-30-28(31)23-13-15-25(16-14-23)34-20-22-7-3-2-4-8-22/h2-19H,20H2,1H3,(H,30,31). The Hall–Kier alpha value is -4.43. The Morgan fingerprint density at radius 1 is 0.861 bits per heavy atom. The Balaban J connectivity index is 1.37. The number of rotatable bonds is 9. The number of hydrogen-bond donors (Lipinski definition) is 1. The van der Waals surface area contributed by atoms with E-state index in [-0.39, 0.29) is 10.6 Å². The number of amides is 1. The maximum Gasteiger partial charge on any atom is 0.339 e. The van der Waals surface area contributed by atoms with Crippen LogP contribution in [0, 0.1) is 6.92 Å². The van der Waals surface area contributed by atoms with Crippen LogP contribution in [0.15, 0.2) is 113 Å². The lowest BCUT2D eigenvalue weighted by Crippen LogP contribution is -2.17. The molecule has 0 atom stereocenters. The van der Waals surface area contributed by atoms with Gasteiger partial charge in [-0.25, -0.2) is 5.43 Å². The minimum Gasteiger partial charge on any atom is -0.489 e. The summed E-state index contributed by atoms with van der Waals surface area (Å²) < 4.78 is 36.3. The molecule has 1 N–H and O–H groups in total. The topological polar surface area (TPSA) is 94.1 Å². The third-order valence-corrected chi connectivity index (χ3v) is 6.41. The summed E-state index contributed by atoms with van der Waals surface area (Å²) in [7, 11) is -4.02. The number of benzene rings is 4. The maximum absolute atomic E-state index is 12.6. The van der Waals surface area contributed by atoms with Crippen molar-refractivity contribution in [1.29, 1.82) is 0 Å². The lowest BCUT2D eigenvalue weighted by atomic mass is 10.2. The lowest BCUT2D eigenvalue weighted by Gasteiger charge is -2.09. The van der Waals surface area contributed by atoms with E-state index in [9.17, 15) is 13.2 Å². The van der Waals surface area contributed by atoms with E-state index in [4.69, 9.17) is 8.92 Å². The number of nitrogens with zero attached hydrogens (tertiary/aromatic N) is 1. The lowest BCUT2D eigenvalue weighted by molar-refractivity contribution is 0.0955. The van der Waals surface area contributed by atoms with Crippen molar-refractivity contribution in [3.63, 3.8) is 0 Å². The summed E-state index contributed by atoms with van der Waals surface area (Å²) in [6.07, 6.45) is 1.33. The molecule has 8 heteroatoms. The van der Waals surface area contributed by atoms with Crippen LogP contribution >= 0.6 is 0 Å². The van der Waals surface area contributed by atoms with E-state index in [1.54, 1.807) is 54.6 Å². The first-order valence-corrected chi connectivity index (χ1v) is 12.5. The highest BCUT2D eigenvalue weighted by atomic mass is 32.2. The van der Waals surface area contributed by atoms with Crippen molar-refractivity contribution in [3.05, 3.63) is 125 Å². The molecule has 0 unspecified atom stereocenters. The first-order chi connectivity index (χ1) is 17.4. The summed E-state index contributed by atoms with van der Waals surface area (Å²) in [6, 6.07) is 29.3. The minimum atomic E-state index is -4.02. The molecule has 0 bridgehead atoms. The second kappa shape index (κ2) is 11.3. The summed E-state index contributed by atoms with van der Waals surface area (Å²) in [6.45, 7) is 2.29. The summed E-state index contributed by atoms with van der Waals surface area (Å²) in [5.41, 5.74) is 5.20. The molecule has 0 saturated carbocycles. The highest BCUT2D eigenvalue weighted by Crippen LogP contribution is 2.22. The van der Waals surface area contributed by atoms with Crippen molar-refractivity contribution >= 4 is 22.2 Å². The highest BCUT2D eigenvalue weighted by molar-refractivity contribution is 7.87. The van der Waals surface area contributed by atoms with Crippen molar-refractivity contribution in [1.82, 2.24) is 5.43 Å². The number of carbonyl (C=O) groups excluding carboxylic acids is 1. The van der Waals surface area contributed by atoms with Crippen molar-refractivity contribution in [2.24, 2.45) is 5.10 Å². The van der Waals surface area contributed by atoms with E-state index in [0.29, 0.717) is 23.5 Å². The van der Waals surface area contributed by atoms with Gasteiger partial charge >= 0.3 is 10.1 Å². The van der Waals surface area contributed by atoms with Gasteiger partial charge in [-0.05, 0) is 61.0 Å². The molecule has 0 spiro atoms. The Morgan fingerprint density at radius 2 is 1.53 bits per heavy atom. The molecule has 1 amide bonds. The van der Waals surface area contributed by atoms with E-state index in [1.807, 2.05) is 37.3 Å². The summed E-state index contributed by atoms with van der Waals surface area (Å²) >= 11 is 0. The molecule has 0 radical (unpaired) electrons. The van der Waals surface area contributed by atoms with Gasteiger partial charge in [-0.15, -0.1) is 0 Å². The Bertz CT molecular complexity index is 1450. The van der Waals surface area contributed by atoms with Gasteiger partial charge in [-0.2, -0.15) is 13.5 Å². The average Bonchev–Trinajstić information content (AvgIpc) is 2.89. The number of hydrazone groups is 1. The molecule has 7 nitrogen and oxygen atoms in total. The molecule has 0 saturated heterocycles. The molecule has 182 valence electrons. The fourth-order valence-electron chi connectivity index (χ4n) is 3.20. The fraction of sp³-hybridized carbons (Fsp3) is 0.0714. The second-order valence-electron chi connectivity index (χ2n) is 7.89. The number of ether oxygens (including phenoxy) is 1. The summed E-state index contributed by atoms with van der Waals surface area (Å²) in [5.74, 6) is 0.308. The Labute approximate surface area is 210 Å². The van der Waals surface area contributed by atoms with E-state index < -0.39 is 16.0 Å². The smallest absolute Gasteiger partial charge is 0.339 e. The van der Waals surface area contributed by atoms with Gasteiger partial charge in [0.05, 0.1) is 6.21 Å². The average molecular weight is 501 g/mol. The zero-order valence-corrected chi connectivity index (χ0v) is 20.3. The quantitative estimate of drug-likeness (QED) is 0.196. The summed E-state index contributed by atoms with van der Waals surface area (Å²) in [5, 5.41) is 3.96. The predicted molar refractivity (Wildman–Crippen MR) is 138 cm³/mol. The third kappa shape index (κ3) is 6.58. The van der Waals surface area contributed by atoms with Crippen molar-refractivity contribution in [3.8, 4) is 11.5 Å². The monoisotopic (exact) mass is 500 g/mol. The molecule has 0 aliphatic rings. The van der Waals surface area contributed by atoms with Gasteiger partial charge < -0.3 is 8.92 Å². The molecule has 4 aromatic carbocycles. The van der Waals surface area contributed by atoms with Gasteiger partial charge in [-0.1, -0.05) is 60.2 Å². The Kier molecular flexibility index (Phi) is 7.77. The van der Waals surface area contributed by atoms with Crippen LogP contribution in [0.3, 0.4) is 0 Å². The van der Waals surface area contributed by atoms with E-state index in [0.717, 1.165) is 11.1 Å². The molecular formula is C28H24N2O5S.